The molecule has 0 unspecified atom stereocenters. The van der Waals surface area contributed by atoms with E-state index in [1.54, 1.807) is 7.11 Å². The Morgan fingerprint density at radius 1 is 0.565 bits per heavy atom. The molecule has 0 bridgehead atoms. The summed E-state index contributed by atoms with van der Waals surface area (Å²) >= 11 is 0. The Morgan fingerprint density at radius 3 is 1.74 bits per heavy atom. The van der Waals surface area contributed by atoms with E-state index in [4.69, 9.17) is 4.74 Å². The average Bonchev–Trinajstić information content (AvgIpc) is 2.62. The first kappa shape index (κ1) is 15.1. The van der Waals surface area contributed by atoms with E-state index < -0.39 is 0 Å². The van der Waals surface area contributed by atoms with Gasteiger partial charge in [-0.05, 0) is 34.7 Å². The predicted molar refractivity (Wildman–Crippen MR) is 99.2 cm³/mol. The maximum atomic E-state index is 5.23. The van der Waals surface area contributed by atoms with Crippen molar-refractivity contribution in [1.29, 1.82) is 0 Å². The van der Waals surface area contributed by atoms with Crippen molar-refractivity contribution in [3.63, 3.8) is 0 Å². The van der Waals surface area contributed by atoms with E-state index >= 15 is 0 Å². The molecule has 0 atom stereocenters. The SMILES string of the molecule is COc1cccc2ccccc12.Cc1cccc2ccccc12. The lowest BCUT2D eigenvalue weighted by Crippen LogP contribution is -1.83. The first-order chi connectivity index (χ1) is 11.3. The second kappa shape index (κ2) is 6.97. The number of hydrogen-bond acceptors (Lipinski definition) is 1. The summed E-state index contributed by atoms with van der Waals surface area (Å²) in [4.78, 5) is 0. The van der Waals surface area contributed by atoms with Gasteiger partial charge in [-0.2, -0.15) is 0 Å². The third kappa shape index (κ3) is 3.35. The molecule has 4 rings (SSSR count). The smallest absolute Gasteiger partial charge is 0.126 e. The molecule has 23 heavy (non-hydrogen) atoms. The van der Waals surface area contributed by atoms with Crippen LogP contribution in [0.25, 0.3) is 21.5 Å². The van der Waals surface area contributed by atoms with E-state index in [2.05, 4.69) is 67.6 Å². The minimum absolute atomic E-state index is 0.938. The number of aryl methyl sites for hydroxylation is 1. The van der Waals surface area contributed by atoms with Gasteiger partial charge in [0, 0.05) is 5.39 Å². The van der Waals surface area contributed by atoms with Gasteiger partial charge in [-0.15, -0.1) is 0 Å². The van der Waals surface area contributed by atoms with Crippen LogP contribution < -0.4 is 4.74 Å². The van der Waals surface area contributed by atoms with Gasteiger partial charge in [0.2, 0.25) is 0 Å². The molecular weight excluding hydrogens is 280 g/mol. The predicted octanol–water partition coefficient (Wildman–Crippen LogP) is 6.00. The highest BCUT2D eigenvalue weighted by molar-refractivity contribution is 5.88. The Labute approximate surface area is 137 Å². The lowest BCUT2D eigenvalue weighted by Gasteiger charge is -2.03. The number of fused-ring (bicyclic) bond motifs is 2. The lowest BCUT2D eigenvalue weighted by atomic mass is 10.1. The maximum absolute atomic E-state index is 5.23. The van der Waals surface area contributed by atoms with E-state index in [1.807, 2.05) is 24.3 Å². The molecule has 0 aliphatic carbocycles. The van der Waals surface area contributed by atoms with Crippen LogP contribution in [0.2, 0.25) is 0 Å². The van der Waals surface area contributed by atoms with Crippen LogP contribution in [0.5, 0.6) is 5.75 Å². The average molecular weight is 300 g/mol. The first-order valence-corrected chi connectivity index (χ1v) is 7.76. The van der Waals surface area contributed by atoms with Gasteiger partial charge in [0.1, 0.15) is 5.75 Å². The molecule has 4 aromatic rings. The standard InChI is InChI=1S/C11H10O.C11H10/c1-12-11-8-4-6-9-5-2-3-7-10(9)11;1-9-5-4-7-10-6-2-3-8-11(9)10/h2-8H,1H3;2-8H,1H3. The second-order valence-electron chi connectivity index (χ2n) is 5.48. The zero-order valence-corrected chi connectivity index (χ0v) is 13.5. The molecule has 0 aliphatic heterocycles. The number of hydrogen-bond donors (Lipinski definition) is 0. The summed E-state index contributed by atoms with van der Waals surface area (Å²) in [7, 11) is 1.70. The molecule has 0 amide bonds. The largest absolute Gasteiger partial charge is 0.496 e. The molecule has 0 N–H and O–H groups in total. The lowest BCUT2D eigenvalue weighted by molar-refractivity contribution is 0.420. The van der Waals surface area contributed by atoms with E-state index in [-0.39, 0.29) is 0 Å². The van der Waals surface area contributed by atoms with Crippen molar-refractivity contribution in [2.24, 2.45) is 0 Å². The third-order valence-electron chi connectivity index (χ3n) is 3.98. The summed E-state index contributed by atoms with van der Waals surface area (Å²) in [5.74, 6) is 0.938. The van der Waals surface area contributed by atoms with Gasteiger partial charge < -0.3 is 4.74 Å². The molecule has 0 saturated carbocycles. The fraction of sp³-hybridized carbons (Fsp3) is 0.0909. The molecule has 1 nitrogen and oxygen atoms in total. The highest BCUT2D eigenvalue weighted by Crippen LogP contribution is 2.24. The van der Waals surface area contributed by atoms with Gasteiger partial charge in [-0.1, -0.05) is 78.9 Å². The maximum Gasteiger partial charge on any atom is 0.126 e. The Morgan fingerprint density at radius 2 is 1.09 bits per heavy atom. The molecule has 0 fully saturated rings. The third-order valence-corrected chi connectivity index (χ3v) is 3.98. The summed E-state index contributed by atoms with van der Waals surface area (Å²) < 4.78 is 5.23. The van der Waals surface area contributed by atoms with Gasteiger partial charge >= 0.3 is 0 Å². The molecule has 0 radical (unpaired) electrons. The molecule has 0 heterocycles. The van der Waals surface area contributed by atoms with Crippen molar-refractivity contribution in [2.75, 3.05) is 7.11 Å². The van der Waals surface area contributed by atoms with Gasteiger partial charge in [0.15, 0.2) is 0 Å². The van der Waals surface area contributed by atoms with Crippen LogP contribution in [-0.2, 0) is 0 Å². The number of methoxy groups -OCH3 is 1. The quantitative estimate of drug-likeness (QED) is 0.419. The van der Waals surface area contributed by atoms with E-state index in [1.165, 1.54) is 27.1 Å². The molecule has 0 aromatic heterocycles. The Balaban J connectivity index is 0.000000136. The van der Waals surface area contributed by atoms with Crippen LogP contribution in [0.15, 0.2) is 84.9 Å². The Kier molecular flexibility index (Phi) is 4.58. The van der Waals surface area contributed by atoms with Crippen LogP contribution >= 0.6 is 0 Å². The van der Waals surface area contributed by atoms with Crippen molar-refractivity contribution in [3.05, 3.63) is 90.5 Å². The molecule has 0 saturated heterocycles. The first-order valence-electron chi connectivity index (χ1n) is 7.76. The highest BCUT2D eigenvalue weighted by Gasteiger charge is 1.97. The fourth-order valence-electron chi connectivity index (χ4n) is 2.76. The summed E-state index contributed by atoms with van der Waals surface area (Å²) in [6.45, 7) is 2.14. The number of benzene rings is 4. The van der Waals surface area contributed by atoms with Crippen LogP contribution in [0.1, 0.15) is 5.56 Å². The number of rotatable bonds is 1. The molecule has 0 aliphatic rings. The van der Waals surface area contributed by atoms with Crippen LogP contribution in [0.3, 0.4) is 0 Å². The van der Waals surface area contributed by atoms with Gasteiger partial charge in [0.25, 0.3) is 0 Å². The zero-order valence-electron chi connectivity index (χ0n) is 13.5. The fourth-order valence-corrected chi connectivity index (χ4v) is 2.76. The van der Waals surface area contributed by atoms with Crippen molar-refractivity contribution < 1.29 is 4.74 Å². The van der Waals surface area contributed by atoms with Crippen LogP contribution in [0, 0.1) is 6.92 Å². The second-order valence-corrected chi connectivity index (χ2v) is 5.48. The minimum Gasteiger partial charge on any atom is -0.496 e. The van der Waals surface area contributed by atoms with Gasteiger partial charge in [0.05, 0.1) is 7.11 Å². The summed E-state index contributed by atoms with van der Waals surface area (Å²) in [6, 6.07) is 29.1. The Hall–Kier alpha value is -2.80. The molecular formula is C22H20O. The van der Waals surface area contributed by atoms with Crippen LogP contribution in [-0.4, -0.2) is 7.11 Å². The summed E-state index contributed by atoms with van der Waals surface area (Å²) in [5.41, 5.74) is 1.35. The topological polar surface area (TPSA) is 9.23 Å². The number of ether oxygens (including phenoxy) is 1. The van der Waals surface area contributed by atoms with E-state index in [0.717, 1.165) is 5.75 Å². The van der Waals surface area contributed by atoms with Crippen molar-refractivity contribution in [1.82, 2.24) is 0 Å². The highest BCUT2D eigenvalue weighted by atomic mass is 16.5. The van der Waals surface area contributed by atoms with Gasteiger partial charge in [-0.25, -0.2) is 0 Å². The normalized spacial score (nSPS) is 10.2. The van der Waals surface area contributed by atoms with Crippen molar-refractivity contribution >= 4 is 21.5 Å². The van der Waals surface area contributed by atoms with Crippen LogP contribution in [0.4, 0.5) is 0 Å². The molecule has 0 spiro atoms. The van der Waals surface area contributed by atoms with Crippen molar-refractivity contribution in [3.8, 4) is 5.75 Å². The van der Waals surface area contributed by atoms with Crippen molar-refractivity contribution in [2.45, 2.75) is 6.92 Å². The summed E-state index contributed by atoms with van der Waals surface area (Å²) in [5, 5.41) is 5.07. The molecule has 4 aromatic carbocycles. The van der Waals surface area contributed by atoms with E-state index in [0.29, 0.717) is 0 Å². The zero-order chi connectivity index (χ0) is 16.1. The van der Waals surface area contributed by atoms with E-state index in [9.17, 15) is 0 Å². The van der Waals surface area contributed by atoms with Gasteiger partial charge in [-0.3, -0.25) is 0 Å². The molecule has 1 heteroatoms. The Bertz CT molecular complexity index is 914. The monoisotopic (exact) mass is 300 g/mol. The summed E-state index contributed by atoms with van der Waals surface area (Å²) in [6.07, 6.45) is 0. The minimum atomic E-state index is 0.938. The molecule has 114 valence electrons.